The van der Waals surface area contributed by atoms with Crippen molar-refractivity contribution in [3.63, 3.8) is 0 Å². The first kappa shape index (κ1) is 8.12. The van der Waals surface area contributed by atoms with Gasteiger partial charge in [-0.25, -0.2) is 0 Å². The lowest BCUT2D eigenvalue weighted by molar-refractivity contribution is 0.787. The summed E-state index contributed by atoms with van der Waals surface area (Å²) in [6, 6.07) is 8.69. The molecule has 64 valence electrons. The Morgan fingerprint density at radius 3 is 2.25 bits per heavy atom. The lowest BCUT2D eigenvalue weighted by Crippen LogP contribution is -1.98. The summed E-state index contributed by atoms with van der Waals surface area (Å²) in [5.41, 5.74) is 3.17. The van der Waals surface area contributed by atoms with E-state index in [0.29, 0.717) is 11.3 Å². The van der Waals surface area contributed by atoms with E-state index in [1.54, 1.807) is 0 Å². The maximum atomic E-state index is 5.71. The van der Waals surface area contributed by atoms with E-state index in [0.717, 1.165) is 0 Å². The summed E-state index contributed by atoms with van der Waals surface area (Å²) in [5.74, 6) is 0.622. The number of alkyl halides is 1. The van der Waals surface area contributed by atoms with Gasteiger partial charge >= 0.3 is 0 Å². The van der Waals surface area contributed by atoms with Gasteiger partial charge in [-0.2, -0.15) is 0 Å². The summed E-state index contributed by atoms with van der Waals surface area (Å²) in [6.45, 7) is 2.32. The minimum Gasteiger partial charge on any atom is -0.122 e. The number of rotatable bonds is 2. The van der Waals surface area contributed by atoms with Gasteiger partial charge in [0.2, 0.25) is 0 Å². The van der Waals surface area contributed by atoms with Crippen LogP contribution in [0.4, 0.5) is 0 Å². The molecule has 12 heavy (non-hydrogen) atoms. The van der Waals surface area contributed by atoms with E-state index < -0.39 is 0 Å². The third-order valence-electron chi connectivity index (χ3n) is 2.81. The highest BCUT2D eigenvalue weighted by atomic mass is 35.5. The molecule has 1 fully saturated rings. The lowest BCUT2D eigenvalue weighted by Gasteiger charge is -2.08. The van der Waals surface area contributed by atoms with Crippen LogP contribution in [-0.4, -0.2) is 0 Å². The zero-order valence-electron chi connectivity index (χ0n) is 7.31. The molecule has 2 rings (SSSR count). The van der Waals surface area contributed by atoms with Crippen LogP contribution >= 0.6 is 11.6 Å². The van der Waals surface area contributed by atoms with Crippen molar-refractivity contribution in [3.8, 4) is 0 Å². The average molecular weight is 181 g/mol. The van der Waals surface area contributed by atoms with Gasteiger partial charge in [0.05, 0.1) is 0 Å². The highest BCUT2D eigenvalue weighted by Crippen LogP contribution is 2.47. The molecule has 0 bridgehead atoms. The van der Waals surface area contributed by atoms with Crippen molar-refractivity contribution in [2.75, 3.05) is 0 Å². The molecule has 0 aliphatic heterocycles. The van der Waals surface area contributed by atoms with Crippen LogP contribution in [0.2, 0.25) is 0 Å². The van der Waals surface area contributed by atoms with Crippen molar-refractivity contribution in [2.45, 2.75) is 31.1 Å². The maximum Gasteiger partial charge on any atom is 0.0474 e. The first-order valence-corrected chi connectivity index (χ1v) is 4.93. The summed E-state index contributed by atoms with van der Waals surface area (Å²) in [4.78, 5) is 0. The predicted molar refractivity (Wildman–Crippen MR) is 52.6 cm³/mol. The highest BCUT2D eigenvalue weighted by Gasteiger charge is 2.38. The molecular weight excluding hydrogens is 168 g/mol. The van der Waals surface area contributed by atoms with Crippen LogP contribution in [0.3, 0.4) is 0 Å². The number of hydrogen-bond acceptors (Lipinski definition) is 0. The summed E-state index contributed by atoms with van der Waals surface area (Å²) in [5, 5.41) is 0. The normalized spacial score (nSPS) is 19.2. The van der Waals surface area contributed by atoms with Gasteiger partial charge in [-0.05, 0) is 29.4 Å². The number of hydrogen-bond donors (Lipinski definition) is 0. The first-order valence-electron chi connectivity index (χ1n) is 4.40. The van der Waals surface area contributed by atoms with Crippen molar-refractivity contribution >= 4 is 11.6 Å². The molecule has 1 aromatic rings. The molecule has 1 aromatic carbocycles. The third kappa shape index (κ3) is 1.36. The fraction of sp³-hybridized carbons (Fsp3) is 0.455. The van der Waals surface area contributed by atoms with Crippen LogP contribution in [0.25, 0.3) is 0 Å². The lowest BCUT2D eigenvalue weighted by atomic mass is 9.98. The smallest absolute Gasteiger partial charge is 0.0474 e. The molecule has 0 atom stereocenters. The van der Waals surface area contributed by atoms with E-state index in [1.165, 1.54) is 24.0 Å². The molecule has 0 N–H and O–H groups in total. The fourth-order valence-corrected chi connectivity index (χ4v) is 1.65. The minimum absolute atomic E-state index is 0.491. The number of halogens is 1. The average Bonchev–Trinajstić information content (AvgIpc) is 2.85. The minimum atomic E-state index is 0.491. The van der Waals surface area contributed by atoms with Crippen LogP contribution in [0.15, 0.2) is 24.3 Å². The second-order valence-corrected chi connectivity index (χ2v) is 4.16. The maximum absolute atomic E-state index is 5.71. The van der Waals surface area contributed by atoms with Crippen molar-refractivity contribution in [1.29, 1.82) is 0 Å². The van der Waals surface area contributed by atoms with E-state index in [1.807, 2.05) is 0 Å². The molecular formula is C11H13Cl. The Morgan fingerprint density at radius 2 is 1.83 bits per heavy atom. The predicted octanol–water partition coefficient (Wildman–Crippen LogP) is 3.48. The van der Waals surface area contributed by atoms with Crippen LogP contribution in [0.5, 0.6) is 0 Å². The second-order valence-electron chi connectivity index (χ2n) is 3.89. The zero-order chi connectivity index (χ0) is 8.60. The summed E-state index contributed by atoms with van der Waals surface area (Å²) in [6.07, 6.45) is 2.68. The Labute approximate surface area is 78.6 Å². The van der Waals surface area contributed by atoms with E-state index in [-0.39, 0.29) is 0 Å². The van der Waals surface area contributed by atoms with Gasteiger partial charge in [0.15, 0.2) is 0 Å². The van der Waals surface area contributed by atoms with Gasteiger partial charge in [0.1, 0.15) is 0 Å². The standard InChI is InChI=1S/C11H13Cl/c1-11(6-7-11)10-4-2-9(8-12)3-5-10/h2-5H,6-8H2,1H3. The van der Waals surface area contributed by atoms with Gasteiger partial charge in [-0.3, -0.25) is 0 Å². The molecule has 0 amide bonds. The van der Waals surface area contributed by atoms with Crippen molar-refractivity contribution < 1.29 is 0 Å². The van der Waals surface area contributed by atoms with Gasteiger partial charge in [0.25, 0.3) is 0 Å². The fourth-order valence-electron chi connectivity index (χ4n) is 1.47. The molecule has 0 spiro atoms. The monoisotopic (exact) mass is 180 g/mol. The molecule has 1 saturated carbocycles. The Bertz CT molecular complexity index is 270. The summed E-state index contributed by atoms with van der Waals surface area (Å²) < 4.78 is 0. The quantitative estimate of drug-likeness (QED) is 0.612. The van der Waals surface area contributed by atoms with Crippen LogP contribution in [0, 0.1) is 0 Å². The molecule has 1 aliphatic rings. The second kappa shape index (κ2) is 2.77. The van der Waals surface area contributed by atoms with E-state index in [2.05, 4.69) is 31.2 Å². The van der Waals surface area contributed by atoms with Gasteiger partial charge in [0, 0.05) is 5.88 Å². The van der Waals surface area contributed by atoms with Crippen LogP contribution < -0.4 is 0 Å². The van der Waals surface area contributed by atoms with Crippen LogP contribution in [0.1, 0.15) is 30.9 Å². The largest absolute Gasteiger partial charge is 0.122 e. The highest BCUT2D eigenvalue weighted by molar-refractivity contribution is 6.17. The number of benzene rings is 1. The van der Waals surface area contributed by atoms with Crippen molar-refractivity contribution in [2.24, 2.45) is 0 Å². The summed E-state index contributed by atoms with van der Waals surface area (Å²) >= 11 is 5.71. The zero-order valence-corrected chi connectivity index (χ0v) is 8.06. The summed E-state index contributed by atoms with van der Waals surface area (Å²) in [7, 11) is 0. The van der Waals surface area contributed by atoms with Crippen LogP contribution in [-0.2, 0) is 11.3 Å². The molecule has 0 unspecified atom stereocenters. The Hall–Kier alpha value is -0.490. The first-order chi connectivity index (χ1) is 5.74. The third-order valence-corrected chi connectivity index (χ3v) is 3.11. The van der Waals surface area contributed by atoms with Crippen molar-refractivity contribution in [1.82, 2.24) is 0 Å². The Kier molecular flexibility index (Phi) is 1.88. The van der Waals surface area contributed by atoms with E-state index in [9.17, 15) is 0 Å². The molecule has 0 saturated heterocycles. The van der Waals surface area contributed by atoms with Gasteiger partial charge in [-0.1, -0.05) is 31.2 Å². The molecule has 0 aromatic heterocycles. The Balaban J connectivity index is 2.25. The van der Waals surface area contributed by atoms with Gasteiger partial charge in [-0.15, -0.1) is 11.6 Å². The SMILES string of the molecule is CC1(c2ccc(CCl)cc2)CC1. The van der Waals surface area contributed by atoms with E-state index in [4.69, 9.17) is 11.6 Å². The Morgan fingerprint density at radius 1 is 1.25 bits per heavy atom. The molecule has 0 nitrogen and oxygen atoms in total. The van der Waals surface area contributed by atoms with E-state index >= 15 is 0 Å². The molecule has 1 heteroatoms. The molecule has 0 radical (unpaired) electrons. The van der Waals surface area contributed by atoms with Gasteiger partial charge < -0.3 is 0 Å². The topological polar surface area (TPSA) is 0 Å². The molecule has 1 aliphatic carbocycles. The molecule has 0 heterocycles. The van der Waals surface area contributed by atoms with Crippen molar-refractivity contribution in [3.05, 3.63) is 35.4 Å².